The average Bonchev–Trinajstić information content (AvgIpc) is 2.85. The van der Waals surface area contributed by atoms with Crippen molar-refractivity contribution in [2.45, 2.75) is 84.5 Å². The molecule has 0 saturated heterocycles. The molecule has 3 atom stereocenters. The largest absolute Gasteiger partial charge is 0.508 e. The number of primary amides is 1. The minimum Gasteiger partial charge on any atom is -0.508 e. The number of anilines is 1. The molecule has 2 rings (SSSR count). The number of rotatable bonds is 11. The van der Waals surface area contributed by atoms with Gasteiger partial charge in [-0.05, 0) is 76.8 Å². The van der Waals surface area contributed by atoms with Crippen molar-refractivity contribution in [3.63, 3.8) is 0 Å². The van der Waals surface area contributed by atoms with Gasteiger partial charge in [-0.15, -0.1) is 0 Å². The van der Waals surface area contributed by atoms with Crippen LogP contribution in [0.15, 0.2) is 42.5 Å². The number of amides is 4. The van der Waals surface area contributed by atoms with Crippen LogP contribution >= 0.6 is 11.6 Å². The normalized spacial score (nSPS) is 13.5. The van der Waals surface area contributed by atoms with Crippen molar-refractivity contribution in [1.82, 2.24) is 10.2 Å². The number of phenols is 1. The number of aromatic hydroxyl groups is 1. The van der Waals surface area contributed by atoms with Crippen LogP contribution in [-0.2, 0) is 19.1 Å². The average molecular weight is 575 g/mol. The summed E-state index contributed by atoms with van der Waals surface area (Å²) in [6.45, 7) is 10.4. The van der Waals surface area contributed by atoms with Crippen molar-refractivity contribution in [1.29, 1.82) is 0 Å². The maximum absolute atomic E-state index is 14.2. The molecule has 3 unspecified atom stereocenters. The van der Waals surface area contributed by atoms with Gasteiger partial charge in [0.2, 0.25) is 11.8 Å². The molecule has 0 aliphatic rings. The molecule has 0 fully saturated rings. The van der Waals surface area contributed by atoms with Crippen LogP contribution in [0, 0.1) is 6.92 Å². The molecule has 0 bridgehead atoms. The molecule has 0 saturated carbocycles. The summed E-state index contributed by atoms with van der Waals surface area (Å²) >= 11 is 6.37. The predicted octanol–water partition coefficient (Wildman–Crippen LogP) is 4.82. The van der Waals surface area contributed by atoms with Crippen LogP contribution < -0.4 is 16.4 Å². The van der Waals surface area contributed by atoms with Crippen molar-refractivity contribution in [2.75, 3.05) is 5.32 Å². The summed E-state index contributed by atoms with van der Waals surface area (Å²) in [6.07, 6.45) is -0.709. The highest BCUT2D eigenvalue weighted by atomic mass is 35.5. The van der Waals surface area contributed by atoms with Crippen molar-refractivity contribution in [3.8, 4) is 5.75 Å². The van der Waals surface area contributed by atoms with Crippen molar-refractivity contribution in [3.05, 3.63) is 58.6 Å². The number of nitrogens with one attached hydrogen (secondary N) is 2. The van der Waals surface area contributed by atoms with Gasteiger partial charge >= 0.3 is 6.09 Å². The Kier molecular flexibility index (Phi) is 11.4. The molecule has 0 radical (unpaired) electrons. The van der Waals surface area contributed by atoms with Gasteiger partial charge in [0.15, 0.2) is 0 Å². The number of benzene rings is 2. The van der Waals surface area contributed by atoms with Gasteiger partial charge in [0.1, 0.15) is 23.4 Å². The predicted molar refractivity (Wildman–Crippen MR) is 154 cm³/mol. The molecule has 4 amide bonds. The van der Waals surface area contributed by atoms with E-state index in [2.05, 4.69) is 10.6 Å². The van der Waals surface area contributed by atoms with Gasteiger partial charge < -0.3 is 31.1 Å². The smallest absolute Gasteiger partial charge is 0.408 e. The number of para-hydroxylation sites is 1. The first-order valence-electron chi connectivity index (χ1n) is 13.1. The second-order valence-electron chi connectivity index (χ2n) is 10.6. The number of nitrogens with two attached hydrogens (primary N) is 1. The Morgan fingerprint density at radius 1 is 1.12 bits per heavy atom. The lowest BCUT2D eigenvalue weighted by atomic mass is 9.98. The van der Waals surface area contributed by atoms with Crippen LogP contribution in [0.3, 0.4) is 0 Å². The number of hydrogen-bond acceptors (Lipinski definition) is 6. The number of phenolic OH excluding ortho intramolecular Hbond substituents is 1. The van der Waals surface area contributed by atoms with Crippen LogP contribution in [0.5, 0.6) is 5.75 Å². The van der Waals surface area contributed by atoms with E-state index in [4.69, 9.17) is 22.1 Å². The lowest BCUT2D eigenvalue weighted by Gasteiger charge is -2.38. The number of aryl methyl sites for hydroxylation is 1. The fourth-order valence-electron chi connectivity index (χ4n) is 4.08. The number of nitrogens with zero attached hydrogens (tertiary/aromatic N) is 1. The summed E-state index contributed by atoms with van der Waals surface area (Å²) in [5.41, 5.74) is 5.94. The SMILES string of the molecule is CCC(C)N(C(=O)C(CCC(N)=O)NC(=O)OC(C)(C)C)C(C(=O)Nc1c(C)cccc1Cl)c1cccc(O)c1. The zero-order valence-electron chi connectivity index (χ0n) is 23.8. The van der Waals surface area contributed by atoms with E-state index in [1.807, 2.05) is 6.92 Å². The lowest BCUT2D eigenvalue weighted by molar-refractivity contribution is -0.143. The van der Waals surface area contributed by atoms with Gasteiger partial charge in [-0.2, -0.15) is 0 Å². The Morgan fingerprint density at radius 3 is 2.33 bits per heavy atom. The highest BCUT2D eigenvalue weighted by molar-refractivity contribution is 6.34. The van der Waals surface area contributed by atoms with Gasteiger partial charge in [0.05, 0.1) is 10.7 Å². The van der Waals surface area contributed by atoms with Gasteiger partial charge in [0.25, 0.3) is 5.91 Å². The van der Waals surface area contributed by atoms with E-state index < -0.39 is 47.5 Å². The highest BCUT2D eigenvalue weighted by Crippen LogP contribution is 2.32. The van der Waals surface area contributed by atoms with Gasteiger partial charge in [-0.25, -0.2) is 4.79 Å². The van der Waals surface area contributed by atoms with E-state index in [9.17, 15) is 24.3 Å². The molecule has 0 heterocycles. The molecule has 218 valence electrons. The van der Waals surface area contributed by atoms with E-state index in [-0.39, 0.29) is 18.6 Å². The Bertz CT molecular complexity index is 1210. The summed E-state index contributed by atoms with van der Waals surface area (Å²) in [5.74, 6) is -1.96. The quantitative estimate of drug-likeness (QED) is 0.302. The van der Waals surface area contributed by atoms with E-state index in [0.29, 0.717) is 28.3 Å². The number of halogens is 1. The third-order valence-corrected chi connectivity index (χ3v) is 6.49. The van der Waals surface area contributed by atoms with Crippen molar-refractivity contribution >= 4 is 41.1 Å². The van der Waals surface area contributed by atoms with Gasteiger partial charge in [-0.1, -0.05) is 42.8 Å². The molecule has 10 nitrogen and oxygen atoms in total. The van der Waals surface area contributed by atoms with E-state index in [1.54, 1.807) is 65.0 Å². The Morgan fingerprint density at radius 2 is 1.77 bits per heavy atom. The summed E-state index contributed by atoms with van der Waals surface area (Å²) in [6, 6.07) is 8.23. The van der Waals surface area contributed by atoms with Crippen LogP contribution in [-0.4, -0.2) is 51.5 Å². The van der Waals surface area contributed by atoms with E-state index >= 15 is 0 Å². The maximum Gasteiger partial charge on any atom is 0.408 e. The third kappa shape index (κ3) is 9.15. The molecule has 0 aliphatic carbocycles. The van der Waals surface area contributed by atoms with Crippen LogP contribution in [0.4, 0.5) is 10.5 Å². The Labute approximate surface area is 240 Å². The molecule has 40 heavy (non-hydrogen) atoms. The number of alkyl carbamates (subject to hydrolysis) is 1. The standard InChI is InChI=1S/C29H39ClN4O6/c1-7-18(3)34(27(38)22(14-15-23(31)36)32-28(39)40-29(4,5)6)25(19-11-9-12-20(35)16-19)26(37)33-24-17(2)10-8-13-21(24)30/h8-13,16,18,22,25,35H,7,14-15H2,1-6H3,(H2,31,36)(H,32,39)(H,33,37). The molecular weight excluding hydrogens is 536 g/mol. The molecule has 0 aromatic heterocycles. The maximum atomic E-state index is 14.2. The lowest BCUT2D eigenvalue weighted by Crippen LogP contribution is -2.55. The number of hydrogen-bond donors (Lipinski definition) is 4. The summed E-state index contributed by atoms with van der Waals surface area (Å²) in [5, 5.41) is 15.9. The van der Waals surface area contributed by atoms with Gasteiger partial charge in [-0.3, -0.25) is 14.4 Å². The minimum absolute atomic E-state index is 0.0991. The first-order valence-corrected chi connectivity index (χ1v) is 13.5. The molecule has 11 heteroatoms. The molecule has 2 aromatic carbocycles. The third-order valence-electron chi connectivity index (χ3n) is 6.17. The monoisotopic (exact) mass is 574 g/mol. The van der Waals surface area contributed by atoms with E-state index in [1.165, 1.54) is 17.0 Å². The fraction of sp³-hybridized carbons (Fsp3) is 0.448. The topological polar surface area (TPSA) is 151 Å². The number of carbonyl (C=O) groups excluding carboxylic acids is 4. The Hall–Kier alpha value is -3.79. The number of carbonyl (C=O) groups is 4. The molecule has 0 spiro atoms. The second-order valence-corrected chi connectivity index (χ2v) is 11.0. The van der Waals surface area contributed by atoms with Crippen molar-refractivity contribution in [2.24, 2.45) is 5.73 Å². The first kappa shape index (κ1) is 32.4. The summed E-state index contributed by atoms with van der Waals surface area (Å²) in [4.78, 5) is 53.8. The molecule has 2 aromatic rings. The molecule has 0 aliphatic heterocycles. The molecule has 5 N–H and O–H groups in total. The van der Waals surface area contributed by atoms with Crippen LogP contribution in [0.1, 0.15) is 71.0 Å². The van der Waals surface area contributed by atoms with E-state index in [0.717, 1.165) is 0 Å². The Balaban J connectivity index is 2.61. The first-order chi connectivity index (χ1) is 18.6. The highest BCUT2D eigenvalue weighted by Gasteiger charge is 2.39. The molecular formula is C29H39ClN4O6. The second kappa shape index (κ2) is 14.0. The van der Waals surface area contributed by atoms with Crippen molar-refractivity contribution < 1.29 is 29.0 Å². The van der Waals surface area contributed by atoms with Crippen LogP contribution in [0.2, 0.25) is 5.02 Å². The summed E-state index contributed by atoms with van der Waals surface area (Å²) < 4.78 is 5.34. The van der Waals surface area contributed by atoms with Gasteiger partial charge in [0, 0.05) is 12.5 Å². The van der Waals surface area contributed by atoms with Crippen LogP contribution in [0.25, 0.3) is 0 Å². The number of ether oxygens (including phenoxy) is 1. The minimum atomic E-state index is -1.23. The zero-order chi connectivity index (χ0) is 30.2. The fourth-order valence-corrected chi connectivity index (χ4v) is 4.35. The summed E-state index contributed by atoms with van der Waals surface area (Å²) in [7, 11) is 0. The zero-order valence-corrected chi connectivity index (χ0v) is 24.5.